The van der Waals surface area contributed by atoms with E-state index < -0.39 is 0 Å². The van der Waals surface area contributed by atoms with E-state index in [1.807, 2.05) is 0 Å². The Hall–Kier alpha value is -1.26. The van der Waals surface area contributed by atoms with Crippen LogP contribution in [0, 0.1) is 5.92 Å². The maximum atomic E-state index is 12.6. The molecule has 1 saturated carbocycles. The third-order valence-electron chi connectivity index (χ3n) is 4.84. The molecule has 1 unspecified atom stereocenters. The van der Waals surface area contributed by atoms with E-state index in [-0.39, 0.29) is 5.92 Å². The summed E-state index contributed by atoms with van der Waals surface area (Å²) in [7, 11) is 1.81. The number of guanidine groups is 1. The van der Waals surface area contributed by atoms with E-state index in [1.165, 1.54) is 25.7 Å². The van der Waals surface area contributed by atoms with Crippen molar-refractivity contribution in [1.82, 2.24) is 15.5 Å². The molecule has 0 aromatic rings. The topological polar surface area (TPSA) is 56.7 Å². The molecule has 126 valence electrons. The lowest BCUT2D eigenvalue weighted by Crippen LogP contribution is -2.45. The molecular formula is C17H32N4O. The Bertz CT molecular complexity index is 377. The van der Waals surface area contributed by atoms with E-state index in [9.17, 15) is 4.79 Å². The Labute approximate surface area is 134 Å². The summed E-state index contributed by atoms with van der Waals surface area (Å²) in [6.07, 6.45) is 9.27. The van der Waals surface area contributed by atoms with Crippen molar-refractivity contribution in [2.45, 2.75) is 64.3 Å². The molecule has 0 radical (unpaired) electrons. The number of amides is 1. The molecule has 2 aliphatic rings. The molecule has 5 heteroatoms. The van der Waals surface area contributed by atoms with Crippen LogP contribution in [0.5, 0.6) is 0 Å². The van der Waals surface area contributed by atoms with E-state index in [4.69, 9.17) is 0 Å². The summed E-state index contributed by atoms with van der Waals surface area (Å²) >= 11 is 0. The van der Waals surface area contributed by atoms with Crippen molar-refractivity contribution in [3.8, 4) is 0 Å². The molecule has 1 amide bonds. The first-order valence-corrected chi connectivity index (χ1v) is 9.00. The highest BCUT2D eigenvalue weighted by Crippen LogP contribution is 2.26. The lowest BCUT2D eigenvalue weighted by atomic mass is 9.88. The van der Waals surface area contributed by atoms with Gasteiger partial charge >= 0.3 is 0 Å². The second-order valence-electron chi connectivity index (χ2n) is 6.60. The number of aliphatic imine (C=N–C) groups is 1. The lowest BCUT2D eigenvalue weighted by Gasteiger charge is -2.26. The molecule has 0 spiro atoms. The number of nitrogens with zero attached hydrogens (tertiary/aromatic N) is 2. The standard InChI is InChI=1S/C17H32N4O/c1-3-4-11-19-17(18-2)20-15-10-12-21(13-15)16(22)14-8-6-5-7-9-14/h14-15H,3-13H2,1-2H3,(H2,18,19,20). The summed E-state index contributed by atoms with van der Waals surface area (Å²) in [6.45, 7) is 4.85. The summed E-state index contributed by atoms with van der Waals surface area (Å²) in [4.78, 5) is 18.9. The van der Waals surface area contributed by atoms with Gasteiger partial charge in [0.2, 0.25) is 5.91 Å². The van der Waals surface area contributed by atoms with E-state index in [2.05, 4.69) is 27.4 Å². The molecule has 0 bridgehead atoms. The first kappa shape index (κ1) is 17.1. The van der Waals surface area contributed by atoms with Crippen molar-refractivity contribution in [2.24, 2.45) is 10.9 Å². The van der Waals surface area contributed by atoms with Gasteiger partial charge in [-0.2, -0.15) is 0 Å². The average molecular weight is 308 g/mol. The number of hydrogen-bond donors (Lipinski definition) is 2. The van der Waals surface area contributed by atoms with Crippen LogP contribution in [0.15, 0.2) is 4.99 Å². The second-order valence-corrected chi connectivity index (χ2v) is 6.60. The van der Waals surface area contributed by atoms with Crippen molar-refractivity contribution in [3.63, 3.8) is 0 Å². The van der Waals surface area contributed by atoms with Gasteiger partial charge in [0.1, 0.15) is 0 Å². The summed E-state index contributed by atoms with van der Waals surface area (Å²) in [5, 5.41) is 6.80. The maximum Gasteiger partial charge on any atom is 0.225 e. The number of rotatable bonds is 5. The summed E-state index contributed by atoms with van der Waals surface area (Å²) in [6, 6.07) is 0.334. The molecule has 22 heavy (non-hydrogen) atoms. The van der Waals surface area contributed by atoms with Gasteiger partial charge in [-0.15, -0.1) is 0 Å². The van der Waals surface area contributed by atoms with Gasteiger partial charge in [-0.25, -0.2) is 0 Å². The van der Waals surface area contributed by atoms with Crippen LogP contribution < -0.4 is 10.6 Å². The highest BCUT2D eigenvalue weighted by Gasteiger charge is 2.31. The molecule has 5 nitrogen and oxygen atoms in total. The van der Waals surface area contributed by atoms with Crippen LogP contribution in [0.25, 0.3) is 0 Å². The summed E-state index contributed by atoms with van der Waals surface area (Å²) in [5.74, 6) is 1.54. The van der Waals surface area contributed by atoms with Crippen LogP contribution in [0.4, 0.5) is 0 Å². The van der Waals surface area contributed by atoms with Gasteiger partial charge in [-0.1, -0.05) is 32.6 Å². The molecular weight excluding hydrogens is 276 g/mol. The van der Waals surface area contributed by atoms with Crippen LogP contribution in [-0.2, 0) is 4.79 Å². The van der Waals surface area contributed by atoms with Gasteiger partial charge in [0.05, 0.1) is 0 Å². The molecule has 1 aliphatic carbocycles. The Morgan fingerprint density at radius 1 is 1.23 bits per heavy atom. The van der Waals surface area contributed by atoms with Crippen LogP contribution in [0.3, 0.4) is 0 Å². The predicted octanol–water partition coefficient (Wildman–Crippen LogP) is 2.13. The van der Waals surface area contributed by atoms with Crippen molar-refractivity contribution in [3.05, 3.63) is 0 Å². The van der Waals surface area contributed by atoms with E-state index in [0.29, 0.717) is 11.9 Å². The highest BCUT2D eigenvalue weighted by molar-refractivity contribution is 5.81. The summed E-state index contributed by atoms with van der Waals surface area (Å²) < 4.78 is 0. The van der Waals surface area contributed by atoms with Gasteiger partial charge in [0.15, 0.2) is 5.96 Å². The first-order chi connectivity index (χ1) is 10.7. The number of nitrogens with one attached hydrogen (secondary N) is 2. The van der Waals surface area contributed by atoms with Crippen LogP contribution in [-0.4, -0.2) is 49.5 Å². The predicted molar refractivity (Wildman–Crippen MR) is 91.0 cm³/mol. The average Bonchev–Trinajstić information content (AvgIpc) is 3.02. The Morgan fingerprint density at radius 3 is 2.68 bits per heavy atom. The summed E-state index contributed by atoms with van der Waals surface area (Å²) in [5.41, 5.74) is 0. The molecule has 0 aromatic carbocycles. The van der Waals surface area contributed by atoms with E-state index >= 15 is 0 Å². The fraction of sp³-hybridized carbons (Fsp3) is 0.882. The fourth-order valence-corrected chi connectivity index (χ4v) is 3.46. The van der Waals surface area contributed by atoms with Crippen molar-refractivity contribution in [2.75, 3.05) is 26.7 Å². The van der Waals surface area contributed by atoms with Gasteiger partial charge in [-0.3, -0.25) is 9.79 Å². The van der Waals surface area contributed by atoms with Crippen LogP contribution >= 0.6 is 0 Å². The van der Waals surface area contributed by atoms with Gasteiger partial charge in [-0.05, 0) is 25.7 Å². The number of carbonyl (C=O) groups excluding carboxylic acids is 1. The zero-order valence-corrected chi connectivity index (χ0v) is 14.2. The second kappa shape index (κ2) is 9.01. The normalized spacial score (nSPS) is 23.6. The van der Waals surface area contributed by atoms with Gasteiger partial charge in [0, 0.05) is 38.6 Å². The minimum atomic E-state index is 0.287. The molecule has 0 aromatic heterocycles. The zero-order chi connectivity index (χ0) is 15.8. The van der Waals surface area contributed by atoms with Gasteiger partial charge in [0.25, 0.3) is 0 Å². The Balaban J connectivity index is 1.75. The largest absolute Gasteiger partial charge is 0.356 e. The third-order valence-corrected chi connectivity index (χ3v) is 4.84. The smallest absolute Gasteiger partial charge is 0.225 e. The van der Waals surface area contributed by atoms with E-state index in [1.54, 1.807) is 7.05 Å². The number of carbonyl (C=O) groups is 1. The highest BCUT2D eigenvalue weighted by atomic mass is 16.2. The molecule has 1 aliphatic heterocycles. The minimum Gasteiger partial charge on any atom is -0.356 e. The number of unbranched alkanes of at least 4 members (excludes halogenated alkanes) is 1. The molecule has 1 atom stereocenters. The monoisotopic (exact) mass is 308 g/mol. The molecule has 2 fully saturated rings. The molecule has 2 rings (SSSR count). The first-order valence-electron chi connectivity index (χ1n) is 9.00. The maximum absolute atomic E-state index is 12.6. The SMILES string of the molecule is CCCCNC(=NC)NC1CCN(C(=O)C2CCCCC2)C1. The molecule has 1 heterocycles. The quantitative estimate of drug-likeness (QED) is 0.465. The van der Waals surface area contributed by atoms with Crippen LogP contribution in [0.2, 0.25) is 0 Å². The Morgan fingerprint density at radius 2 is 2.00 bits per heavy atom. The zero-order valence-electron chi connectivity index (χ0n) is 14.2. The Kier molecular flexibility index (Phi) is 7.00. The number of hydrogen-bond acceptors (Lipinski definition) is 2. The van der Waals surface area contributed by atoms with Crippen molar-refractivity contribution >= 4 is 11.9 Å². The minimum absolute atomic E-state index is 0.287. The fourth-order valence-electron chi connectivity index (χ4n) is 3.46. The van der Waals surface area contributed by atoms with E-state index in [0.717, 1.165) is 51.3 Å². The van der Waals surface area contributed by atoms with Crippen LogP contribution in [0.1, 0.15) is 58.3 Å². The molecule has 1 saturated heterocycles. The number of likely N-dealkylation sites (tertiary alicyclic amines) is 1. The van der Waals surface area contributed by atoms with Crippen molar-refractivity contribution in [1.29, 1.82) is 0 Å². The third kappa shape index (κ3) is 4.89. The molecule has 2 N–H and O–H groups in total. The lowest BCUT2D eigenvalue weighted by molar-refractivity contribution is -0.135. The van der Waals surface area contributed by atoms with Gasteiger partial charge < -0.3 is 15.5 Å². The van der Waals surface area contributed by atoms with Crippen molar-refractivity contribution < 1.29 is 4.79 Å².